The molecule has 0 bridgehead atoms. The van der Waals surface area contributed by atoms with E-state index in [1.807, 2.05) is 0 Å². The maximum Gasteiger partial charge on any atom is 0.337 e. The fraction of sp³-hybridized carbons (Fsp3) is 0.240. The second-order valence-corrected chi connectivity index (χ2v) is 8.48. The number of rotatable bonds is 6. The zero-order valence-electron chi connectivity index (χ0n) is 19.0. The smallest absolute Gasteiger partial charge is 0.337 e. The van der Waals surface area contributed by atoms with Gasteiger partial charge in [-0.1, -0.05) is 18.2 Å². The van der Waals surface area contributed by atoms with E-state index in [0.717, 1.165) is 11.1 Å². The number of benzene rings is 2. The molecule has 8 nitrogen and oxygen atoms in total. The number of nitrogens with zero attached hydrogens (tertiary/aromatic N) is 2. The number of hydrogen-bond acceptors (Lipinski definition) is 6. The molecule has 0 fully saturated rings. The highest BCUT2D eigenvalue weighted by atomic mass is 35.5. The number of carbonyl (C=O) groups is 3. The highest BCUT2D eigenvalue weighted by Gasteiger charge is 2.26. The number of carbonyl (C=O) groups excluding carboxylic acids is 3. The quantitative estimate of drug-likeness (QED) is 0.397. The monoisotopic (exact) mass is 496 g/mol. The van der Waals surface area contributed by atoms with Crippen LogP contribution in [-0.4, -0.2) is 34.9 Å². The van der Waals surface area contributed by atoms with E-state index >= 15 is 0 Å². The van der Waals surface area contributed by atoms with Gasteiger partial charge in [-0.2, -0.15) is 0 Å². The molecule has 3 aromatic rings. The Bertz CT molecular complexity index is 1330. The molecule has 1 aliphatic carbocycles. The summed E-state index contributed by atoms with van der Waals surface area (Å²) in [6, 6.07) is 10.7. The minimum absolute atomic E-state index is 0.0487. The molecule has 4 rings (SSSR count). The minimum atomic E-state index is -0.549. The van der Waals surface area contributed by atoms with Crippen molar-refractivity contribution in [3.8, 4) is 0 Å². The lowest BCUT2D eigenvalue weighted by Gasteiger charge is -2.14. The van der Waals surface area contributed by atoms with Crippen LogP contribution in [0.25, 0.3) is 0 Å². The largest absolute Gasteiger partial charge is 0.465 e. The van der Waals surface area contributed by atoms with E-state index in [2.05, 4.69) is 20.6 Å². The number of ether oxygens (including phenoxy) is 1. The molecule has 1 atom stereocenters. The van der Waals surface area contributed by atoms with E-state index in [0.29, 0.717) is 29.5 Å². The fourth-order valence-corrected chi connectivity index (χ4v) is 4.17. The van der Waals surface area contributed by atoms with Gasteiger partial charge in [0.1, 0.15) is 17.2 Å². The molecule has 1 aromatic heterocycles. The Labute approximate surface area is 205 Å². The van der Waals surface area contributed by atoms with Gasteiger partial charge in [-0.3, -0.25) is 9.59 Å². The molecular weight excluding hydrogens is 475 g/mol. The summed E-state index contributed by atoms with van der Waals surface area (Å²) < 4.78 is 18.2. The van der Waals surface area contributed by atoms with Crippen molar-refractivity contribution in [1.82, 2.24) is 20.6 Å². The van der Waals surface area contributed by atoms with Crippen LogP contribution in [0.4, 0.5) is 4.39 Å². The standard InChI is InChI=1S/C25H22ClFN4O4/c1-13-9-14(3-7-18(13)27)12-28-22(32)20-11-21(31-25(26)30-20)23(33)29-19-8-5-15-10-16(24(34)35-2)4-6-17(15)19/h3-4,6-7,9-11,19H,5,8,12H2,1-2H3,(H,28,32)(H,29,33)/t19-/m0/s1. The van der Waals surface area contributed by atoms with Crippen molar-refractivity contribution < 1.29 is 23.5 Å². The number of nitrogens with one attached hydrogen (secondary N) is 2. The summed E-state index contributed by atoms with van der Waals surface area (Å²) in [6.45, 7) is 1.78. The Balaban J connectivity index is 1.45. The average molecular weight is 497 g/mol. The van der Waals surface area contributed by atoms with Crippen molar-refractivity contribution >= 4 is 29.4 Å². The molecule has 35 heavy (non-hydrogen) atoms. The van der Waals surface area contributed by atoms with Crippen molar-refractivity contribution in [2.75, 3.05) is 7.11 Å². The zero-order chi connectivity index (χ0) is 25.1. The Hall–Kier alpha value is -3.85. The molecule has 0 unspecified atom stereocenters. The van der Waals surface area contributed by atoms with Crippen molar-refractivity contribution in [1.29, 1.82) is 0 Å². The van der Waals surface area contributed by atoms with Gasteiger partial charge in [0.2, 0.25) is 5.28 Å². The molecule has 0 saturated heterocycles. The lowest BCUT2D eigenvalue weighted by molar-refractivity contribution is 0.0600. The van der Waals surface area contributed by atoms with E-state index in [-0.39, 0.29) is 35.1 Å². The Morgan fingerprint density at radius 1 is 1.09 bits per heavy atom. The summed E-state index contributed by atoms with van der Waals surface area (Å²) in [6.07, 6.45) is 1.33. The first-order chi connectivity index (χ1) is 16.7. The maximum absolute atomic E-state index is 13.4. The minimum Gasteiger partial charge on any atom is -0.465 e. The normalized spacial score (nSPS) is 14.2. The molecule has 10 heteroatoms. The molecule has 180 valence electrons. The number of amides is 2. The van der Waals surface area contributed by atoms with Gasteiger partial charge in [-0.15, -0.1) is 0 Å². The van der Waals surface area contributed by atoms with E-state index in [4.69, 9.17) is 16.3 Å². The third-order valence-electron chi connectivity index (χ3n) is 5.79. The lowest BCUT2D eigenvalue weighted by atomic mass is 10.0. The summed E-state index contributed by atoms with van der Waals surface area (Å²) in [5.74, 6) is -1.80. The van der Waals surface area contributed by atoms with Gasteiger partial charge in [0.15, 0.2) is 0 Å². The number of aromatic nitrogens is 2. The summed E-state index contributed by atoms with van der Waals surface area (Å²) in [7, 11) is 1.32. The number of halogens is 2. The first-order valence-corrected chi connectivity index (χ1v) is 11.2. The van der Waals surface area contributed by atoms with Gasteiger partial charge >= 0.3 is 5.97 Å². The van der Waals surface area contributed by atoms with E-state index in [1.54, 1.807) is 37.3 Å². The van der Waals surface area contributed by atoms with Crippen LogP contribution in [0.2, 0.25) is 5.28 Å². The predicted molar refractivity (Wildman–Crippen MR) is 126 cm³/mol. The first kappa shape index (κ1) is 24.3. The Morgan fingerprint density at radius 3 is 2.54 bits per heavy atom. The first-order valence-electron chi connectivity index (χ1n) is 10.8. The van der Waals surface area contributed by atoms with Crippen LogP contribution in [0, 0.1) is 12.7 Å². The number of aryl methyl sites for hydroxylation is 2. The van der Waals surface area contributed by atoms with Crippen LogP contribution in [0.3, 0.4) is 0 Å². The zero-order valence-corrected chi connectivity index (χ0v) is 19.8. The predicted octanol–water partition coefficient (Wildman–Crippen LogP) is 3.71. The molecule has 0 radical (unpaired) electrons. The molecule has 0 spiro atoms. The van der Waals surface area contributed by atoms with Crippen LogP contribution >= 0.6 is 11.6 Å². The summed E-state index contributed by atoms with van der Waals surface area (Å²) in [4.78, 5) is 45.2. The molecule has 2 N–H and O–H groups in total. The van der Waals surface area contributed by atoms with Crippen molar-refractivity contribution in [2.24, 2.45) is 0 Å². The average Bonchev–Trinajstić information content (AvgIpc) is 3.25. The highest BCUT2D eigenvalue weighted by Crippen LogP contribution is 2.32. The van der Waals surface area contributed by atoms with Crippen LogP contribution in [-0.2, 0) is 17.7 Å². The van der Waals surface area contributed by atoms with E-state index in [1.165, 1.54) is 19.2 Å². The number of esters is 1. The Morgan fingerprint density at radius 2 is 1.83 bits per heavy atom. The molecule has 0 saturated carbocycles. The second kappa shape index (κ2) is 10.2. The van der Waals surface area contributed by atoms with Crippen LogP contribution in [0.1, 0.15) is 66.1 Å². The number of fused-ring (bicyclic) bond motifs is 1. The van der Waals surface area contributed by atoms with Crippen LogP contribution in [0.5, 0.6) is 0 Å². The molecule has 1 aliphatic rings. The maximum atomic E-state index is 13.4. The summed E-state index contributed by atoms with van der Waals surface area (Å²) in [5, 5.41) is 5.35. The highest BCUT2D eigenvalue weighted by molar-refractivity contribution is 6.28. The van der Waals surface area contributed by atoms with Crippen LogP contribution in [0.15, 0.2) is 42.5 Å². The van der Waals surface area contributed by atoms with E-state index in [9.17, 15) is 18.8 Å². The fourth-order valence-electron chi connectivity index (χ4n) is 3.98. The van der Waals surface area contributed by atoms with E-state index < -0.39 is 17.8 Å². The van der Waals surface area contributed by atoms with Crippen LogP contribution < -0.4 is 10.6 Å². The van der Waals surface area contributed by atoms with Gasteiger partial charge in [0.05, 0.1) is 18.7 Å². The van der Waals surface area contributed by atoms with Gasteiger partial charge in [0.25, 0.3) is 11.8 Å². The van der Waals surface area contributed by atoms with Gasteiger partial charge in [-0.05, 0) is 71.8 Å². The van der Waals surface area contributed by atoms with Crippen molar-refractivity contribution in [2.45, 2.75) is 32.4 Å². The third kappa shape index (κ3) is 5.46. The van der Waals surface area contributed by atoms with Gasteiger partial charge in [-0.25, -0.2) is 19.2 Å². The topological polar surface area (TPSA) is 110 Å². The third-order valence-corrected chi connectivity index (χ3v) is 5.96. The summed E-state index contributed by atoms with van der Waals surface area (Å²) >= 11 is 5.98. The van der Waals surface area contributed by atoms with Gasteiger partial charge < -0.3 is 15.4 Å². The Kier molecular flexibility index (Phi) is 7.07. The SMILES string of the molecule is COC(=O)c1ccc2c(c1)CC[C@@H]2NC(=O)c1cc(C(=O)NCc2ccc(F)c(C)c2)nc(Cl)n1. The van der Waals surface area contributed by atoms with Crippen molar-refractivity contribution in [3.63, 3.8) is 0 Å². The molecule has 2 aromatic carbocycles. The molecule has 1 heterocycles. The lowest BCUT2D eigenvalue weighted by Crippen LogP contribution is -2.29. The number of methoxy groups -OCH3 is 1. The second-order valence-electron chi connectivity index (χ2n) is 8.14. The summed E-state index contributed by atoms with van der Waals surface area (Å²) in [5.41, 5.74) is 3.37. The molecular formula is C25H22ClFN4O4. The molecule has 2 amide bonds. The number of hydrogen-bond donors (Lipinski definition) is 2. The van der Waals surface area contributed by atoms with Gasteiger partial charge in [0, 0.05) is 12.6 Å². The van der Waals surface area contributed by atoms with Crippen molar-refractivity contribution in [3.05, 3.63) is 92.8 Å². The molecule has 0 aliphatic heterocycles.